The zero-order valence-electron chi connectivity index (χ0n) is 10.2. The van der Waals surface area contributed by atoms with Gasteiger partial charge in [-0.1, -0.05) is 0 Å². The lowest BCUT2D eigenvalue weighted by Gasteiger charge is -2.34. The van der Waals surface area contributed by atoms with Crippen LogP contribution in [0.25, 0.3) is 0 Å². The van der Waals surface area contributed by atoms with Crippen LogP contribution in [0.5, 0.6) is 5.75 Å². The molecule has 0 aromatic heterocycles. The Morgan fingerprint density at radius 3 is 2.94 bits per heavy atom. The van der Waals surface area contributed by atoms with Crippen LogP contribution in [0, 0.1) is 6.92 Å². The van der Waals surface area contributed by atoms with E-state index < -0.39 is 0 Å². The van der Waals surface area contributed by atoms with Crippen LogP contribution in [0.2, 0.25) is 0 Å². The number of amides is 1. The summed E-state index contributed by atoms with van der Waals surface area (Å²) in [5, 5.41) is 12.6. The molecule has 1 atom stereocenters. The summed E-state index contributed by atoms with van der Waals surface area (Å²) in [6, 6.07) is 5.10. The average molecular weight is 234 g/mol. The first-order valence-corrected chi connectivity index (χ1v) is 5.91. The third-order valence-electron chi connectivity index (χ3n) is 3.20. The summed E-state index contributed by atoms with van der Waals surface area (Å²) in [5.74, 6) is 0.254. The Bertz CT molecular complexity index is 431. The van der Waals surface area contributed by atoms with Crippen LogP contribution >= 0.6 is 0 Å². The second-order valence-electron chi connectivity index (χ2n) is 4.55. The van der Waals surface area contributed by atoms with Gasteiger partial charge in [0.2, 0.25) is 0 Å². The standard InChI is InChI=1S/C13H18N2O2/c1-9-7-11(16)3-4-12(9)13(17)15-6-5-14-8-10(15)2/h3-4,7,10,14,16H,5-6,8H2,1-2H3/t10-/m0/s1. The first-order chi connectivity index (χ1) is 8.09. The molecule has 1 aliphatic heterocycles. The molecule has 0 unspecified atom stereocenters. The predicted molar refractivity (Wildman–Crippen MR) is 66.2 cm³/mol. The highest BCUT2D eigenvalue weighted by molar-refractivity contribution is 5.96. The topological polar surface area (TPSA) is 52.6 Å². The van der Waals surface area contributed by atoms with Crippen LogP contribution in [0.4, 0.5) is 0 Å². The molecule has 92 valence electrons. The van der Waals surface area contributed by atoms with Crippen molar-refractivity contribution in [3.8, 4) is 5.75 Å². The van der Waals surface area contributed by atoms with Gasteiger partial charge in [-0.15, -0.1) is 0 Å². The molecule has 1 heterocycles. The number of benzene rings is 1. The van der Waals surface area contributed by atoms with Gasteiger partial charge in [0.25, 0.3) is 5.91 Å². The molecule has 1 aromatic rings. The van der Waals surface area contributed by atoms with Gasteiger partial charge in [-0.25, -0.2) is 0 Å². The maximum absolute atomic E-state index is 12.4. The molecule has 4 nitrogen and oxygen atoms in total. The molecule has 17 heavy (non-hydrogen) atoms. The Morgan fingerprint density at radius 1 is 1.53 bits per heavy atom. The van der Waals surface area contributed by atoms with E-state index >= 15 is 0 Å². The molecule has 1 aromatic carbocycles. The lowest BCUT2D eigenvalue weighted by atomic mass is 10.1. The molecule has 4 heteroatoms. The Hall–Kier alpha value is -1.55. The van der Waals surface area contributed by atoms with Crippen molar-refractivity contribution in [2.75, 3.05) is 19.6 Å². The van der Waals surface area contributed by atoms with Gasteiger partial charge in [0, 0.05) is 31.2 Å². The summed E-state index contributed by atoms with van der Waals surface area (Å²) in [5.41, 5.74) is 1.50. The second kappa shape index (κ2) is 4.75. The SMILES string of the molecule is Cc1cc(O)ccc1C(=O)N1CCNC[C@@H]1C. The molecule has 0 saturated carbocycles. The highest BCUT2D eigenvalue weighted by Crippen LogP contribution is 2.18. The monoisotopic (exact) mass is 234 g/mol. The minimum atomic E-state index is 0.0523. The van der Waals surface area contributed by atoms with E-state index in [-0.39, 0.29) is 17.7 Å². The van der Waals surface area contributed by atoms with E-state index in [1.165, 1.54) is 0 Å². The van der Waals surface area contributed by atoms with Crippen LogP contribution in [-0.2, 0) is 0 Å². The number of phenolic OH excluding ortho intramolecular Hbond substituents is 1. The molecular formula is C13H18N2O2. The molecule has 2 N–H and O–H groups in total. The van der Waals surface area contributed by atoms with E-state index in [2.05, 4.69) is 5.32 Å². The van der Waals surface area contributed by atoms with Gasteiger partial charge in [-0.2, -0.15) is 0 Å². The van der Waals surface area contributed by atoms with Gasteiger partial charge < -0.3 is 15.3 Å². The molecule has 2 rings (SSSR count). The number of aromatic hydroxyl groups is 1. The fourth-order valence-corrected chi connectivity index (χ4v) is 2.19. The molecule has 1 aliphatic rings. The van der Waals surface area contributed by atoms with E-state index in [1.807, 2.05) is 18.7 Å². The molecule has 0 bridgehead atoms. The van der Waals surface area contributed by atoms with Crippen molar-refractivity contribution in [2.45, 2.75) is 19.9 Å². The number of rotatable bonds is 1. The van der Waals surface area contributed by atoms with Crippen molar-refractivity contribution in [3.63, 3.8) is 0 Å². The Kier molecular flexibility index (Phi) is 3.33. The second-order valence-corrected chi connectivity index (χ2v) is 4.55. The number of carbonyl (C=O) groups is 1. The molecule has 1 fully saturated rings. The van der Waals surface area contributed by atoms with Crippen molar-refractivity contribution >= 4 is 5.91 Å². The number of carbonyl (C=O) groups excluding carboxylic acids is 1. The maximum atomic E-state index is 12.4. The lowest BCUT2D eigenvalue weighted by molar-refractivity contribution is 0.0655. The number of nitrogens with zero attached hydrogens (tertiary/aromatic N) is 1. The van der Waals surface area contributed by atoms with E-state index in [4.69, 9.17) is 0 Å². The highest BCUT2D eigenvalue weighted by Gasteiger charge is 2.24. The van der Waals surface area contributed by atoms with Gasteiger partial charge in [0.1, 0.15) is 5.75 Å². The molecule has 1 saturated heterocycles. The third-order valence-corrected chi connectivity index (χ3v) is 3.20. The number of hydrogen-bond acceptors (Lipinski definition) is 3. The molecule has 1 amide bonds. The van der Waals surface area contributed by atoms with E-state index in [0.717, 1.165) is 25.2 Å². The van der Waals surface area contributed by atoms with Crippen LogP contribution in [0.3, 0.4) is 0 Å². The summed E-state index contributed by atoms with van der Waals surface area (Å²) in [7, 11) is 0. The summed E-state index contributed by atoms with van der Waals surface area (Å²) >= 11 is 0. The van der Waals surface area contributed by atoms with E-state index in [0.29, 0.717) is 5.56 Å². The van der Waals surface area contributed by atoms with E-state index in [9.17, 15) is 9.90 Å². The van der Waals surface area contributed by atoms with Crippen LogP contribution in [0.15, 0.2) is 18.2 Å². The Balaban J connectivity index is 2.24. The first-order valence-electron chi connectivity index (χ1n) is 5.91. The summed E-state index contributed by atoms with van der Waals surface area (Å²) in [6.07, 6.45) is 0. The van der Waals surface area contributed by atoms with Crippen molar-refractivity contribution in [1.82, 2.24) is 10.2 Å². The minimum absolute atomic E-state index is 0.0523. The smallest absolute Gasteiger partial charge is 0.254 e. The predicted octanol–water partition coefficient (Wildman–Crippen LogP) is 1.13. The Morgan fingerprint density at radius 2 is 2.29 bits per heavy atom. The Labute approximate surface area is 101 Å². The number of nitrogens with one attached hydrogen (secondary N) is 1. The minimum Gasteiger partial charge on any atom is -0.508 e. The lowest BCUT2D eigenvalue weighted by Crippen LogP contribution is -2.52. The maximum Gasteiger partial charge on any atom is 0.254 e. The van der Waals surface area contributed by atoms with Gasteiger partial charge in [0.15, 0.2) is 0 Å². The summed E-state index contributed by atoms with van der Waals surface area (Å²) in [6.45, 7) is 6.30. The quantitative estimate of drug-likeness (QED) is 0.766. The van der Waals surface area contributed by atoms with Crippen LogP contribution in [-0.4, -0.2) is 41.6 Å². The van der Waals surface area contributed by atoms with E-state index in [1.54, 1.807) is 18.2 Å². The normalized spacial score (nSPS) is 20.4. The average Bonchev–Trinajstić information content (AvgIpc) is 2.29. The van der Waals surface area contributed by atoms with Gasteiger partial charge in [0.05, 0.1) is 0 Å². The molecule has 0 spiro atoms. The summed E-state index contributed by atoms with van der Waals surface area (Å²) < 4.78 is 0. The number of hydrogen-bond donors (Lipinski definition) is 2. The van der Waals surface area contributed by atoms with Crippen LogP contribution < -0.4 is 5.32 Å². The zero-order valence-corrected chi connectivity index (χ0v) is 10.2. The van der Waals surface area contributed by atoms with Crippen molar-refractivity contribution < 1.29 is 9.90 Å². The number of piperazine rings is 1. The summed E-state index contributed by atoms with van der Waals surface area (Å²) in [4.78, 5) is 14.2. The van der Waals surface area contributed by atoms with Crippen molar-refractivity contribution in [1.29, 1.82) is 0 Å². The molecular weight excluding hydrogens is 216 g/mol. The molecule has 0 radical (unpaired) electrons. The fourth-order valence-electron chi connectivity index (χ4n) is 2.19. The van der Waals surface area contributed by atoms with Crippen LogP contribution in [0.1, 0.15) is 22.8 Å². The highest BCUT2D eigenvalue weighted by atomic mass is 16.3. The van der Waals surface area contributed by atoms with Gasteiger partial charge >= 0.3 is 0 Å². The van der Waals surface area contributed by atoms with Gasteiger partial charge in [-0.3, -0.25) is 4.79 Å². The number of phenols is 1. The third kappa shape index (κ3) is 2.42. The molecule has 0 aliphatic carbocycles. The largest absolute Gasteiger partial charge is 0.508 e. The zero-order chi connectivity index (χ0) is 12.4. The number of aryl methyl sites for hydroxylation is 1. The first kappa shape index (κ1) is 11.9. The van der Waals surface area contributed by atoms with Gasteiger partial charge in [-0.05, 0) is 37.6 Å². The van der Waals surface area contributed by atoms with Crippen molar-refractivity contribution in [3.05, 3.63) is 29.3 Å². The fraction of sp³-hybridized carbons (Fsp3) is 0.462. The van der Waals surface area contributed by atoms with Crippen molar-refractivity contribution in [2.24, 2.45) is 0 Å².